The fraction of sp³-hybridized carbons (Fsp3) is 0.0625. The summed E-state index contributed by atoms with van der Waals surface area (Å²) < 4.78 is 5.24. The highest BCUT2D eigenvalue weighted by molar-refractivity contribution is 6.00. The molecule has 0 saturated heterocycles. The van der Waals surface area contributed by atoms with Gasteiger partial charge in [0.25, 0.3) is 0 Å². The van der Waals surface area contributed by atoms with Crippen molar-refractivity contribution in [2.24, 2.45) is 0 Å². The summed E-state index contributed by atoms with van der Waals surface area (Å²) in [5, 5.41) is 20.8. The van der Waals surface area contributed by atoms with Crippen molar-refractivity contribution in [1.29, 1.82) is 0 Å². The normalized spacial score (nSPS) is 10.2. The molecule has 2 heterocycles. The Morgan fingerprint density at radius 3 is 1.47 bits per heavy atom. The Bertz CT molecular complexity index is 1560. The minimum absolute atomic E-state index is 0.246. The number of aryl methyl sites for hydroxylation is 2. The predicted octanol–water partition coefficient (Wildman–Crippen LogP) is 6.78. The van der Waals surface area contributed by atoms with Gasteiger partial charge < -0.3 is 14.0 Å². The standard InChI is InChI=1S/C12H10O.2C10H9NO.Al.2H/c13-12-8-6-11(7-9-12)10-4-2-1-3-5-10;2*1-7-5-6-8-3-2-4-9(12)10(8)11-7;;;/h1-9,13H;2*2-6,12H,1H3;;;/q;;;+1;;/p-1. The van der Waals surface area contributed by atoms with Crippen LogP contribution in [-0.2, 0) is 0 Å². The van der Waals surface area contributed by atoms with Crippen molar-refractivity contribution >= 4 is 38.4 Å². The summed E-state index contributed by atoms with van der Waals surface area (Å²) in [6.45, 7) is 3.82. The van der Waals surface area contributed by atoms with E-state index in [1.54, 1.807) is 12.1 Å². The molecule has 0 bridgehead atoms. The molecule has 6 rings (SSSR count). The van der Waals surface area contributed by atoms with Crippen molar-refractivity contribution in [2.75, 3.05) is 0 Å². The Kier molecular flexibility index (Phi) is 8.95. The maximum Gasteiger partial charge on any atom is 0.496 e. The van der Waals surface area contributed by atoms with Crippen molar-refractivity contribution in [3.63, 3.8) is 0 Å². The highest BCUT2D eigenvalue weighted by Gasteiger charge is 2.00. The van der Waals surface area contributed by atoms with Gasteiger partial charge in [-0.1, -0.05) is 78.9 Å². The lowest BCUT2D eigenvalue weighted by Crippen LogP contribution is -1.84. The van der Waals surface area contributed by atoms with Crippen LogP contribution in [-0.4, -0.2) is 36.8 Å². The van der Waals surface area contributed by atoms with Crippen molar-refractivity contribution < 1.29 is 14.0 Å². The van der Waals surface area contributed by atoms with Crippen LogP contribution < -0.4 is 3.79 Å². The minimum Gasteiger partial charge on any atom is -0.647 e. The van der Waals surface area contributed by atoms with Gasteiger partial charge in [-0.15, -0.1) is 0 Å². The molecule has 4 aromatic carbocycles. The van der Waals surface area contributed by atoms with E-state index in [1.165, 1.54) is 11.1 Å². The van der Waals surface area contributed by atoms with Crippen molar-refractivity contribution in [1.82, 2.24) is 9.97 Å². The average Bonchev–Trinajstić information content (AvgIpc) is 2.95. The van der Waals surface area contributed by atoms with Gasteiger partial charge in [0.05, 0.1) is 5.75 Å². The Morgan fingerprint density at radius 2 is 1.00 bits per heavy atom. The third kappa shape index (κ3) is 6.89. The first-order valence-electron chi connectivity index (χ1n) is 12.2. The Labute approximate surface area is 230 Å². The summed E-state index contributed by atoms with van der Waals surface area (Å²) in [5.74, 6) is 1.45. The van der Waals surface area contributed by atoms with E-state index in [4.69, 9.17) is 3.79 Å². The number of para-hydroxylation sites is 2. The van der Waals surface area contributed by atoms with Crippen LogP contribution in [0.25, 0.3) is 32.9 Å². The Morgan fingerprint density at radius 1 is 0.526 bits per heavy atom. The predicted molar refractivity (Wildman–Crippen MR) is 157 cm³/mol. The zero-order valence-electron chi connectivity index (χ0n) is 21.7. The maximum absolute atomic E-state index is 9.43. The van der Waals surface area contributed by atoms with Crippen LogP contribution in [0.15, 0.2) is 115 Å². The van der Waals surface area contributed by atoms with Gasteiger partial charge in [0.15, 0.2) is 0 Å². The molecule has 2 aromatic heterocycles. The largest absolute Gasteiger partial charge is 0.647 e. The molecule has 5 nitrogen and oxygen atoms in total. The minimum atomic E-state index is 0.246. The molecular formula is C32H29AlN2O3. The van der Waals surface area contributed by atoms with Gasteiger partial charge in [0.1, 0.15) is 22.5 Å². The van der Waals surface area contributed by atoms with Gasteiger partial charge in [0, 0.05) is 22.2 Å². The number of hydrogen-bond donors (Lipinski definition) is 2. The zero-order chi connectivity index (χ0) is 26.9. The van der Waals surface area contributed by atoms with Gasteiger partial charge in [-0.2, -0.15) is 0 Å². The van der Waals surface area contributed by atoms with E-state index in [2.05, 4.69) is 34.2 Å². The molecule has 0 fully saturated rings. The molecule has 0 atom stereocenters. The highest BCUT2D eigenvalue weighted by atomic mass is 27.1. The highest BCUT2D eigenvalue weighted by Crippen LogP contribution is 2.23. The fourth-order valence-electron chi connectivity index (χ4n) is 3.87. The average molecular weight is 517 g/mol. The van der Waals surface area contributed by atoms with Crippen LogP contribution in [0.3, 0.4) is 0 Å². The molecule has 0 spiro atoms. The second-order valence-electron chi connectivity index (χ2n) is 8.70. The molecule has 0 aliphatic carbocycles. The number of aromatic nitrogens is 2. The topological polar surface area (TPSA) is 75.5 Å². The number of phenolic OH excluding ortho intramolecular Hbond substituents is 2. The first-order chi connectivity index (χ1) is 18.4. The van der Waals surface area contributed by atoms with Gasteiger partial charge in [0.2, 0.25) is 0 Å². The van der Waals surface area contributed by atoms with Crippen LogP contribution in [0.2, 0.25) is 0 Å². The van der Waals surface area contributed by atoms with Gasteiger partial charge in [-0.3, -0.25) is 0 Å². The van der Waals surface area contributed by atoms with Crippen LogP contribution in [0, 0.1) is 13.8 Å². The number of nitrogens with zero attached hydrogens (tertiary/aromatic N) is 2. The lowest BCUT2D eigenvalue weighted by molar-refractivity contribution is 0.480. The number of phenols is 2. The number of hydrogen-bond acceptors (Lipinski definition) is 5. The third-order valence-electron chi connectivity index (χ3n) is 5.87. The van der Waals surface area contributed by atoms with E-state index in [9.17, 15) is 10.2 Å². The molecule has 0 amide bonds. The summed E-state index contributed by atoms with van der Waals surface area (Å²) in [7, 11) is 0. The Hall–Kier alpha value is -4.37. The smallest absolute Gasteiger partial charge is 0.496 e. The van der Waals surface area contributed by atoms with E-state index < -0.39 is 0 Å². The molecule has 188 valence electrons. The Balaban J connectivity index is 0.000000133. The summed E-state index contributed by atoms with van der Waals surface area (Å²) in [4.78, 5) is 8.45. The van der Waals surface area contributed by atoms with Gasteiger partial charge in [-0.05, 0) is 61.4 Å². The molecule has 38 heavy (non-hydrogen) atoms. The van der Waals surface area contributed by atoms with Crippen LogP contribution in [0.4, 0.5) is 0 Å². The second kappa shape index (κ2) is 12.7. The third-order valence-corrected chi connectivity index (χ3v) is 6.34. The molecule has 0 aliphatic rings. The molecule has 0 unspecified atom stereocenters. The molecule has 6 aromatic rings. The van der Waals surface area contributed by atoms with Gasteiger partial charge >= 0.3 is 16.6 Å². The van der Waals surface area contributed by atoms with E-state index >= 15 is 0 Å². The van der Waals surface area contributed by atoms with E-state index in [0.717, 1.165) is 44.5 Å². The molecule has 0 aliphatic heterocycles. The fourth-order valence-corrected chi connectivity index (χ4v) is 4.14. The SMILES string of the molecule is Cc1ccc2cccc(O)c2n1.Cc1ccc2cccc(O)c2n1.[AlH2][O]c1ccc(-c2ccccc2)cc1. The lowest BCUT2D eigenvalue weighted by atomic mass is 10.1. The molecule has 2 N–H and O–H groups in total. The van der Waals surface area contributed by atoms with Crippen LogP contribution in [0.1, 0.15) is 11.4 Å². The molecule has 6 heteroatoms. The van der Waals surface area contributed by atoms with Crippen LogP contribution >= 0.6 is 0 Å². The van der Waals surface area contributed by atoms with E-state index in [0.29, 0.717) is 11.0 Å². The maximum atomic E-state index is 9.43. The zero-order valence-corrected chi connectivity index (χ0v) is 23.7. The first-order valence-corrected chi connectivity index (χ1v) is 13.1. The molecule has 0 radical (unpaired) electrons. The van der Waals surface area contributed by atoms with Crippen LogP contribution in [0.5, 0.6) is 17.2 Å². The van der Waals surface area contributed by atoms with Crippen molar-refractivity contribution in [3.05, 3.63) is 127 Å². The number of fused-ring (bicyclic) bond motifs is 2. The number of pyridine rings is 2. The molecule has 0 saturated carbocycles. The summed E-state index contributed by atoms with van der Waals surface area (Å²) >= 11 is 0.745. The molecular weight excluding hydrogens is 487 g/mol. The van der Waals surface area contributed by atoms with Gasteiger partial charge in [-0.25, -0.2) is 9.97 Å². The summed E-state index contributed by atoms with van der Waals surface area (Å²) in [6.07, 6.45) is 0. The van der Waals surface area contributed by atoms with Crippen molar-refractivity contribution in [2.45, 2.75) is 13.8 Å². The monoisotopic (exact) mass is 516 g/mol. The number of aromatic hydroxyl groups is 2. The van der Waals surface area contributed by atoms with Crippen molar-refractivity contribution in [3.8, 4) is 28.4 Å². The van der Waals surface area contributed by atoms with E-state index in [1.807, 2.05) is 92.7 Å². The number of rotatable bonds is 2. The lowest BCUT2D eigenvalue weighted by Gasteiger charge is -2.04. The van der Waals surface area contributed by atoms with E-state index in [-0.39, 0.29) is 11.5 Å². The quantitative estimate of drug-likeness (QED) is 0.248. The summed E-state index contributed by atoms with van der Waals surface area (Å²) in [6, 6.07) is 37.1. The first kappa shape index (κ1) is 26.7. The summed E-state index contributed by atoms with van der Waals surface area (Å²) in [5.41, 5.74) is 5.67. The second-order valence-corrected chi connectivity index (χ2v) is 9.11. The number of benzene rings is 4.